The second-order valence-corrected chi connectivity index (χ2v) is 3.98. The molecule has 0 saturated heterocycles. The highest BCUT2D eigenvalue weighted by atomic mass is 19.1. The third-order valence-corrected chi connectivity index (χ3v) is 2.70. The van der Waals surface area contributed by atoms with Gasteiger partial charge in [0.05, 0.1) is 12.8 Å². The van der Waals surface area contributed by atoms with E-state index in [0.29, 0.717) is 5.75 Å². The van der Waals surface area contributed by atoms with Gasteiger partial charge in [-0.3, -0.25) is 9.78 Å². The van der Waals surface area contributed by atoms with Crippen molar-refractivity contribution in [3.63, 3.8) is 0 Å². The number of methoxy groups -OCH3 is 1. The Morgan fingerprint density at radius 2 is 2.10 bits per heavy atom. The monoisotopic (exact) mass is 275 g/mol. The van der Waals surface area contributed by atoms with Crippen LogP contribution >= 0.6 is 0 Å². The van der Waals surface area contributed by atoms with E-state index in [-0.39, 0.29) is 11.4 Å². The standard InChI is InChI=1S/C14H14FN3O2/c1-16-9-5-6-17-13(7-9)14(19)18-12-8-10(20-2)3-4-11(12)15/h3-8H,1-2H3,(H,16,17)(H,18,19). The Balaban J connectivity index is 2.22. The molecule has 0 fully saturated rings. The molecular weight excluding hydrogens is 261 g/mol. The van der Waals surface area contributed by atoms with Crippen molar-refractivity contribution in [2.75, 3.05) is 24.8 Å². The first-order valence-electron chi connectivity index (χ1n) is 5.92. The number of halogens is 1. The Morgan fingerprint density at radius 3 is 2.80 bits per heavy atom. The van der Waals surface area contributed by atoms with Gasteiger partial charge in [-0.1, -0.05) is 0 Å². The highest BCUT2D eigenvalue weighted by Crippen LogP contribution is 2.21. The summed E-state index contributed by atoms with van der Waals surface area (Å²) in [5.41, 5.74) is 0.987. The number of carbonyl (C=O) groups is 1. The molecule has 0 atom stereocenters. The van der Waals surface area contributed by atoms with Gasteiger partial charge in [0, 0.05) is 25.0 Å². The van der Waals surface area contributed by atoms with Crippen molar-refractivity contribution in [1.29, 1.82) is 0 Å². The Kier molecular flexibility index (Phi) is 4.14. The van der Waals surface area contributed by atoms with Crippen molar-refractivity contribution in [2.24, 2.45) is 0 Å². The second kappa shape index (κ2) is 6.01. The molecule has 1 aromatic carbocycles. The predicted octanol–water partition coefficient (Wildman–Crippen LogP) is 2.52. The number of amides is 1. The van der Waals surface area contributed by atoms with Gasteiger partial charge in [0.1, 0.15) is 17.3 Å². The van der Waals surface area contributed by atoms with Crippen LogP contribution in [0.1, 0.15) is 10.5 Å². The van der Waals surface area contributed by atoms with Gasteiger partial charge in [0.2, 0.25) is 0 Å². The number of anilines is 2. The fourth-order valence-corrected chi connectivity index (χ4v) is 1.62. The number of rotatable bonds is 4. The number of nitrogens with zero attached hydrogens (tertiary/aromatic N) is 1. The summed E-state index contributed by atoms with van der Waals surface area (Å²) >= 11 is 0. The van der Waals surface area contributed by atoms with E-state index in [0.717, 1.165) is 5.69 Å². The smallest absolute Gasteiger partial charge is 0.274 e. The molecule has 2 N–H and O–H groups in total. The number of hydrogen-bond donors (Lipinski definition) is 2. The molecule has 1 heterocycles. The molecular formula is C14H14FN3O2. The molecule has 5 nitrogen and oxygen atoms in total. The average Bonchev–Trinajstić information content (AvgIpc) is 2.49. The van der Waals surface area contributed by atoms with Crippen molar-refractivity contribution >= 4 is 17.3 Å². The summed E-state index contributed by atoms with van der Waals surface area (Å²) in [6.07, 6.45) is 1.50. The molecule has 0 bridgehead atoms. The lowest BCUT2D eigenvalue weighted by molar-refractivity contribution is 0.102. The van der Waals surface area contributed by atoms with Gasteiger partial charge in [-0.05, 0) is 24.3 Å². The first-order chi connectivity index (χ1) is 9.63. The summed E-state index contributed by atoms with van der Waals surface area (Å²) in [5, 5.41) is 5.37. The van der Waals surface area contributed by atoms with Gasteiger partial charge in [-0.2, -0.15) is 0 Å². The minimum absolute atomic E-state index is 0.0472. The number of hydrogen-bond acceptors (Lipinski definition) is 4. The number of ether oxygens (including phenoxy) is 1. The maximum Gasteiger partial charge on any atom is 0.274 e. The third kappa shape index (κ3) is 3.03. The van der Waals surface area contributed by atoms with Crippen molar-refractivity contribution in [3.8, 4) is 5.75 Å². The molecule has 1 amide bonds. The molecule has 0 radical (unpaired) electrons. The quantitative estimate of drug-likeness (QED) is 0.900. The first-order valence-corrected chi connectivity index (χ1v) is 5.92. The van der Waals surface area contributed by atoms with Crippen molar-refractivity contribution < 1.29 is 13.9 Å². The van der Waals surface area contributed by atoms with Crippen LogP contribution in [0.15, 0.2) is 36.5 Å². The number of pyridine rings is 1. The van der Waals surface area contributed by atoms with Gasteiger partial charge in [-0.25, -0.2) is 4.39 Å². The Labute approximate surface area is 115 Å². The molecule has 0 aliphatic rings. The third-order valence-electron chi connectivity index (χ3n) is 2.70. The van der Waals surface area contributed by atoms with Crippen LogP contribution in [0.2, 0.25) is 0 Å². The van der Waals surface area contributed by atoms with Gasteiger partial charge in [0.15, 0.2) is 0 Å². The van der Waals surface area contributed by atoms with Gasteiger partial charge in [-0.15, -0.1) is 0 Å². The van der Waals surface area contributed by atoms with E-state index in [2.05, 4.69) is 15.6 Å². The lowest BCUT2D eigenvalue weighted by Gasteiger charge is -2.08. The van der Waals surface area contributed by atoms with Crippen LogP contribution in [0.5, 0.6) is 5.75 Å². The van der Waals surface area contributed by atoms with E-state index in [1.807, 2.05) is 0 Å². The van der Waals surface area contributed by atoms with Crippen LogP contribution in [0, 0.1) is 5.82 Å². The van der Waals surface area contributed by atoms with Crippen LogP contribution in [0.4, 0.5) is 15.8 Å². The summed E-state index contributed by atoms with van der Waals surface area (Å²) in [4.78, 5) is 16.0. The van der Waals surface area contributed by atoms with E-state index in [9.17, 15) is 9.18 Å². The van der Waals surface area contributed by atoms with Crippen molar-refractivity contribution in [1.82, 2.24) is 4.98 Å². The molecule has 0 spiro atoms. The van der Waals surface area contributed by atoms with Crippen LogP contribution in [0.3, 0.4) is 0 Å². The fraction of sp³-hybridized carbons (Fsp3) is 0.143. The molecule has 1 aromatic heterocycles. The van der Waals surface area contributed by atoms with E-state index < -0.39 is 11.7 Å². The lowest BCUT2D eigenvalue weighted by Crippen LogP contribution is -2.15. The minimum atomic E-state index is -0.538. The predicted molar refractivity (Wildman–Crippen MR) is 74.7 cm³/mol. The molecule has 104 valence electrons. The fourth-order valence-electron chi connectivity index (χ4n) is 1.62. The zero-order valence-electron chi connectivity index (χ0n) is 11.1. The van der Waals surface area contributed by atoms with E-state index >= 15 is 0 Å². The molecule has 0 saturated carbocycles. The summed E-state index contributed by atoms with van der Waals surface area (Å²) in [6, 6.07) is 7.42. The van der Waals surface area contributed by atoms with Gasteiger partial charge in [0.25, 0.3) is 5.91 Å². The van der Waals surface area contributed by atoms with Crippen LogP contribution in [0.25, 0.3) is 0 Å². The van der Waals surface area contributed by atoms with Crippen LogP contribution in [-0.4, -0.2) is 25.0 Å². The normalized spacial score (nSPS) is 9.95. The maximum absolute atomic E-state index is 13.6. The van der Waals surface area contributed by atoms with E-state index in [1.54, 1.807) is 19.2 Å². The van der Waals surface area contributed by atoms with Gasteiger partial charge < -0.3 is 15.4 Å². The van der Waals surface area contributed by atoms with Gasteiger partial charge >= 0.3 is 0 Å². The molecule has 0 aliphatic heterocycles. The Bertz CT molecular complexity index is 632. The zero-order valence-corrected chi connectivity index (χ0v) is 11.1. The van der Waals surface area contributed by atoms with Crippen molar-refractivity contribution in [2.45, 2.75) is 0 Å². The Morgan fingerprint density at radius 1 is 1.30 bits per heavy atom. The topological polar surface area (TPSA) is 63.2 Å². The number of aromatic nitrogens is 1. The minimum Gasteiger partial charge on any atom is -0.497 e. The van der Waals surface area contributed by atoms with Crippen LogP contribution < -0.4 is 15.4 Å². The SMILES string of the molecule is CNc1ccnc(C(=O)Nc2cc(OC)ccc2F)c1. The summed E-state index contributed by atoms with van der Waals surface area (Å²) in [7, 11) is 3.20. The molecule has 0 aliphatic carbocycles. The van der Waals surface area contributed by atoms with E-state index in [4.69, 9.17) is 4.74 Å². The Hall–Kier alpha value is -2.63. The second-order valence-electron chi connectivity index (χ2n) is 3.98. The molecule has 2 rings (SSSR count). The largest absolute Gasteiger partial charge is 0.497 e. The molecule has 20 heavy (non-hydrogen) atoms. The van der Waals surface area contributed by atoms with E-state index in [1.165, 1.54) is 31.5 Å². The molecule has 2 aromatic rings. The number of nitrogens with one attached hydrogen (secondary N) is 2. The maximum atomic E-state index is 13.6. The number of benzene rings is 1. The summed E-state index contributed by atoms with van der Waals surface area (Å²) in [6.45, 7) is 0. The molecule has 6 heteroatoms. The highest BCUT2D eigenvalue weighted by Gasteiger charge is 2.12. The molecule has 0 unspecified atom stereocenters. The summed E-state index contributed by atoms with van der Waals surface area (Å²) < 4.78 is 18.6. The van der Waals surface area contributed by atoms with Crippen molar-refractivity contribution in [3.05, 3.63) is 48.0 Å². The average molecular weight is 275 g/mol. The number of carbonyl (C=O) groups excluding carboxylic acids is 1. The lowest BCUT2D eigenvalue weighted by atomic mass is 10.2. The highest BCUT2D eigenvalue weighted by molar-refractivity contribution is 6.03. The summed E-state index contributed by atoms with van der Waals surface area (Å²) in [5.74, 6) is -0.572. The van der Waals surface area contributed by atoms with Crippen LogP contribution in [-0.2, 0) is 0 Å². The first kappa shape index (κ1) is 13.8. The zero-order chi connectivity index (χ0) is 14.5.